The third kappa shape index (κ3) is 2.77. The second-order valence-corrected chi connectivity index (χ2v) is 5.46. The highest BCUT2D eigenvalue weighted by atomic mass is 16.1. The fourth-order valence-electron chi connectivity index (χ4n) is 2.59. The Hall–Kier alpha value is -4.01. The molecule has 1 amide bonds. The molecule has 128 valence electrons. The van der Waals surface area contributed by atoms with Crippen LogP contribution in [0.25, 0.3) is 17.0 Å². The smallest absolute Gasteiger partial charge is 0.333 e. The van der Waals surface area contributed by atoms with Gasteiger partial charge in [0.05, 0.1) is 11.0 Å². The van der Waals surface area contributed by atoms with Crippen LogP contribution in [-0.2, 0) is 0 Å². The number of hydrogen-bond acceptors (Lipinski definition) is 6. The van der Waals surface area contributed by atoms with E-state index in [1.54, 1.807) is 36.4 Å². The Labute approximate surface area is 146 Å². The van der Waals surface area contributed by atoms with Gasteiger partial charge in [-0.3, -0.25) is 4.79 Å². The van der Waals surface area contributed by atoms with E-state index in [0.717, 1.165) is 0 Å². The van der Waals surface area contributed by atoms with Crippen LogP contribution in [0.2, 0.25) is 0 Å². The average molecular weight is 347 g/mol. The van der Waals surface area contributed by atoms with Gasteiger partial charge in [0.1, 0.15) is 6.33 Å². The van der Waals surface area contributed by atoms with Crippen LogP contribution in [0.15, 0.2) is 59.7 Å². The summed E-state index contributed by atoms with van der Waals surface area (Å²) in [6, 6.07) is 13.9. The number of fused-ring (bicyclic) bond motifs is 1. The number of aromatic nitrogens is 5. The van der Waals surface area contributed by atoms with Gasteiger partial charge in [0.2, 0.25) is 17.8 Å². The summed E-state index contributed by atoms with van der Waals surface area (Å²) in [5, 5.41) is 2.97. The zero-order chi connectivity index (χ0) is 18.1. The van der Waals surface area contributed by atoms with E-state index in [1.165, 1.54) is 10.9 Å². The van der Waals surface area contributed by atoms with E-state index in [1.807, 2.05) is 12.1 Å². The second kappa shape index (κ2) is 6.13. The molecular weight excluding hydrogens is 334 g/mol. The van der Waals surface area contributed by atoms with E-state index in [0.29, 0.717) is 22.3 Å². The Morgan fingerprint density at radius 3 is 2.81 bits per heavy atom. The van der Waals surface area contributed by atoms with Crippen LogP contribution >= 0.6 is 0 Å². The van der Waals surface area contributed by atoms with Gasteiger partial charge in [-0.05, 0) is 30.3 Å². The Bertz CT molecular complexity index is 1180. The van der Waals surface area contributed by atoms with Crippen LogP contribution in [0.1, 0.15) is 10.4 Å². The number of amides is 1. The highest BCUT2D eigenvalue weighted by Gasteiger charge is 2.12. The number of primary amides is 1. The third-order valence-corrected chi connectivity index (χ3v) is 3.75. The molecule has 0 radical (unpaired) electrons. The molecule has 0 fully saturated rings. The van der Waals surface area contributed by atoms with Gasteiger partial charge in [0.25, 0.3) is 0 Å². The van der Waals surface area contributed by atoms with Gasteiger partial charge >= 0.3 is 5.69 Å². The number of benzene rings is 2. The lowest BCUT2D eigenvalue weighted by molar-refractivity contribution is 0.100. The number of carbonyl (C=O) groups is 1. The number of anilines is 2. The van der Waals surface area contributed by atoms with Crippen molar-refractivity contribution in [2.45, 2.75) is 0 Å². The average Bonchev–Trinajstić information content (AvgIpc) is 2.98. The number of nitrogens with one attached hydrogen (secondary N) is 2. The predicted molar refractivity (Wildman–Crippen MR) is 95.5 cm³/mol. The zero-order valence-corrected chi connectivity index (χ0v) is 13.4. The monoisotopic (exact) mass is 347 g/mol. The molecule has 0 unspecified atom stereocenters. The van der Waals surface area contributed by atoms with Crippen molar-refractivity contribution in [3.8, 4) is 5.95 Å². The lowest BCUT2D eigenvalue weighted by Crippen LogP contribution is -2.18. The van der Waals surface area contributed by atoms with Gasteiger partial charge in [-0.1, -0.05) is 18.2 Å². The summed E-state index contributed by atoms with van der Waals surface area (Å²) in [6.07, 6.45) is 1.30. The van der Waals surface area contributed by atoms with Crippen molar-refractivity contribution in [3.63, 3.8) is 0 Å². The van der Waals surface area contributed by atoms with Crippen molar-refractivity contribution < 1.29 is 4.79 Å². The topological polar surface area (TPSA) is 132 Å². The summed E-state index contributed by atoms with van der Waals surface area (Å²) >= 11 is 0. The minimum atomic E-state index is -0.532. The lowest BCUT2D eigenvalue weighted by atomic mass is 10.2. The number of carbonyl (C=O) groups excluding carboxylic acids is 1. The zero-order valence-electron chi connectivity index (χ0n) is 13.4. The Morgan fingerprint density at radius 2 is 1.96 bits per heavy atom. The standard InChI is InChI=1S/C17H13N7O2/c18-14(25)10-4-3-5-11(8-10)21-15-19-9-20-16(23-15)24-13-7-2-1-6-12(13)22-17(24)26/h1-9H,(H2,18,25)(H,22,26)(H,19,20,21,23). The second-order valence-electron chi connectivity index (χ2n) is 5.46. The summed E-state index contributed by atoms with van der Waals surface area (Å²) in [4.78, 5) is 38.7. The summed E-state index contributed by atoms with van der Waals surface area (Å²) in [7, 11) is 0. The van der Waals surface area contributed by atoms with E-state index >= 15 is 0 Å². The van der Waals surface area contributed by atoms with E-state index in [9.17, 15) is 9.59 Å². The Morgan fingerprint density at radius 1 is 1.12 bits per heavy atom. The number of imidazole rings is 1. The van der Waals surface area contributed by atoms with Gasteiger partial charge in [0, 0.05) is 11.3 Å². The maximum atomic E-state index is 12.3. The first-order valence-electron chi connectivity index (χ1n) is 7.68. The number of aromatic amines is 1. The molecule has 0 atom stereocenters. The van der Waals surface area contributed by atoms with Crippen molar-refractivity contribution in [1.29, 1.82) is 0 Å². The molecule has 4 N–H and O–H groups in total. The summed E-state index contributed by atoms with van der Waals surface area (Å²) in [5.41, 5.74) is 7.22. The lowest BCUT2D eigenvalue weighted by Gasteiger charge is -2.07. The first-order chi connectivity index (χ1) is 12.6. The third-order valence-electron chi connectivity index (χ3n) is 3.75. The van der Waals surface area contributed by atoms with Crippen molar-refractivity contribution in [1.82, 2.24) is 24.5 Å². The minimum absolute atomic E-state index is 0.177. The molecule has 0 aliphatic carbocycles. The number of rotatable bonds is 4. The summed E-state index contributed by atoms with van der Waals surface area (Å²) < 4.78 is 1.36. The quantitative estimate of drug-likeness (QED) is 0.510. The van der Waals surface area contributed by atoms with Gasteiger partial charge in [-0.25, -0.2) is 19.3 Å². The molecule has 0 saturated carbocycles. The van der Waals surface area contributed by atoms with Gasteiger partial charge in [-0.2, -0.15) is 4.98 Å². The van der Waals surface area contributed by atoms with Gasteiger partial charge in [0.15, 0.2) is 0 Å². The Balaban J connectivity index is 1.73. The van der Waals surface area contributed by atoms with E-state index in [4.69, 9.17) is 5.73 Å². The van der Waals surface area contributed by atoms with E-state index < -0.39 is 5.91 Å². The number of hydrogen-bond donors (Lipinski definition) is 3. The molecule has 9 nitrogen and oxygen atoms in total. The van der Waals surface area contributed by atoms with Crippen LogP contribution in [0, 0.1) is 0 Å². The molecule has 2 aromatic carbocycles. The van der Waals surface area contributed by atoms with Gasteiger partial charge < -0.3 is 16.0 Å². The van der Waals surface area contributed by atoms with Crippen molar-refractivity contribution in [2.24, 2.45) is 5.73 Å². The molecule has 0 aliphatic rings. The number of para-hydroxylation sites is 2. The van der Waals surface area contributed by atoms with Crippen molar-refractivity contribution in [3.05, 3.63) is 70.9 Å². The molecule has 9 heteroatoms. The molecule has 0 saturated heterocycles. The highest BCUT2D eigenvalue weighted by molar-refractivity contribution is 5.93. The largest absolute Gasteiger partial charge is 0.366 e. The maximum Gasteiger partial charge on any atom is 0.333 e. The molecule has 0 spiro atoms. The first-order valence-corrected chi connectivity index (χ1v) is 7.68. The molecule has 0 bridgehead atoms. The molecule has 4 rings (SSSR count). The van der Waals surface area contributed by atoms with Gasteiger partial charge in [-0.15, -0.1) is 0 Å². The van der Waals surface area contributed by atoms with Crippen molar-refractivity contribution >= 4 is 28.6 Å². The molecule has 0 aliphatic heterocycles. The summed E-state index contributed by atoms with van der Waals surface area (Å²) in [5.74, 6) is -0.125. The summed E-state index contributed by atoms with van der Waals surface area (Å²) in [6.45, 7) is 0. The van der Waals surface area contributed by atoms with Crippen LogP contribution in [0.5, 0.6) is 0 Å². The molecular formula is C17H13N7O2. The predicted octanol–water partition coefficient (Wildman–Crippen LogP) is 1.35. The molecule has 26 heavy (non-hydrogen) atoms. The minimum Gasteiger partial charge on any atom is -0.366 e. The van der Waals surface area contributed by atoms with Crippen LogP contribution in [0.4, 0.5) is 11.6 Å². The van der Waals surface area contributed by atoms with Crippen LogP contribution in [0.3, 0.4) is 0 Å². The SMILES string of the molecule is NC(=O)c1cccc(Nc2ncnc(-n3c(=O)[nH]c4ccccc43)n2)c1. The molecule has 4 aromatic rings. The van der Waals surface area contributed by atoms with E-state index in [-0.39, 0.29) is 17.6 Å². The number of nitrogens with two attached hydrogens (primary N) is 1. The molecule has 2 heterocycles. The Kier molecular flexibility index (Phi) is 3.66. The van der Waals surface area contributed by atoms with Crippen LogP contribution in [-0.4, -0.2) is 30.4 Å². The first kappa shape index (κ1) is 15.5. The number of nitrogens with zero attached hydrogens (tertiary/aromatic N) is 4. The maximum absolute atomic E-state index is 12.3. The highest BCUT2D eigenvalue weighted by Crippen LogP contribution is 2.16. The fourth-order valence-corrected chi connectivity index (χ4v) is 2.59. The van der Waals surface area contributed by atoms with Crippen LogP contribution < -0.4 is 16.7 Å². The van der Waals surface area contributed by atoms with E-state index in [2.05, 4.69) is 25.3 Å². The number of H-pyrrole nitrogens is 1. The van der Waals surface area contributed by atoms with Crippen molar-refractivity contribution in [2.75, 3.05) is 5.32 Å². The molecule has 2 aromatic heterocycles. The normalized spacial score (nSPS) is 10.8. The fraction of sp³-hybridized carbons (Fsp3) is 0.